The molecule has 0 aliphatic heterocycles. The lowest BCUT2D eigenvalue weighted by molar-refractivity contribution is 0.102. The molecule has 1 amide bonds. The first-order chi connectivity index (χ1) is 19.2. The van der Waals surface area contributed by atoms with Gasteiger partial charge in [0.05, 0.1) is 13.2 Å². The van der Waals surface area contributed by atoms with Crippen LogP contribution in [0.5, 0.6) is 5.75 Å². The molecule has 0 atom stereocenters. The van der Waals surface area contributed by atoms with E-state index >= 15 is 0 Å². The molecule has 4 aromatic rings. The highest BCUT2D eigenvalue weighted by atomic mass is 16.5. The Morgan fingerprint density at radius 1 is 0.950 bits per heavy atom. The fourth-order valence-electron chi connectivity index (χ4n) is 3.99. The maximum Gasteiger partial charge on any atom is 0.255 e. The Hall–Kier alpha value is -4.54. The molecular weight excluding hydrogens is 508 g/mol. The van der Waals surface area contributed by atoms with Gasteiger partial charge in [-0.2, -0.15) is 15.0 Å². The Morgan fingerprint density at radius 2 is 1.68 bits per heavy atom. The van der Waals surface area contributed by atoms with Crippen LogP contribution < -0.4 is 21.1 Å². The van der Waals surface area contributed by atoms with Crippen LogP contribution in [0.3, 0.4) is 0 Å². The second kappa shape index (κ2) is 12.5. The van der Waals surface area contributed by atoms with Gasteiger partial charge < -0.3 is 31.3 Å². The highest BCUT2D eigenvalue weighted by molar-refractivity contribution is 6.05. The predicted molar refractivity (Wildman–Crippen MR) is 156 cm³/mol. The van der Waals surface area contributed by atoms with Crippen molar-refractivity contribution in [2.45, 2.75) is 39.2 Å². The van der Waals surface area contributed by atoms with Crippen LogP contribution in [0.1, 0.15) is 48.7 Å². The number of aromatic nitrogens is 3. The van der Waals surface area contributed by atoms with Gasteiger partial charge in [-0.15, -0.1) is 0 Å². The summed E-state index contributed by atoms with van der Waals surface area (Å²) in [5.74, 6) is 0.830. The molecular formula is C30H34N6O4. The Balaban J connectivity index is 1.55. The van der Waals surface area contributed by atoms with E-state index in [2.05, 4.69) is 46.4 Å². The summed E-state index contributed by atoms with van der Waals surface area (Å²) in [5, 5.41) is 25.1. The largest absolute Gasteiger partial charge is 0.494 e. The molecule has 3 aromatic carbocycles. The van der Waals surface area contributed by atoms with Gasteiger partial charge in [-0.05, 0) is 53.4 Å². The molecule has 0 saturated carbocycles. The lowest BCUT2D eigenvalue weighted by atomic mass is 9.86. The molecule has 0 fully saturated rings. The summed E-state index contributed by atoms with van der Waals surface area (Å²) in [6.07, 6.45) is 0.554. The zero-order valence-electron chi connectivity index (χ0n) is 22.8. The zero-order valence-corrected chi connectivity index (χ0v) is 22.8. The van der Waals surface area contributed by atoms with Gasteiger partial charge >= 0.3 is 0 Å². The van der Waals surface area contributed by atoms with Crippen molar-refractivity contribution in [2.75, 3.05) is 29.6 Å². The normalized spacial score (nSPS) is 11.2. The number of ether oxygens (including phenoxy) is 1. The van der Waals surface area contributed by atoms with Gasteiger partial charge in [0.2, 0.25) is 11.9 Å². The molecule has 0 radical (unpaired) electrons. The van der Waals surface area contributed by atoms with Crippen LogP contribution in [0.4, 0.5) is 23.3 Å². The van der Waals surface area contributed by atoms with Crippen LogP contribution in [0.25, 0.3) is 11.4 Å². The van der Waals surface area contributed by atoms with Crippen LogP contribution in [-0.2, 0) is 12.0 Å². The van der Waals surface area contributed by atoms with Crippen molar-refractivity contribution in [1.29, 1.82) is 0 Å². The van der Waals surface area contributed by atoms with Crippen molar-refractivity contribution in [3.63, 3.8) is 0 Å². The van der Waals surface area contributed by atoms with E-state index in [0.29, 0.717) is 46.8 Å². The van der Waals surface area contributed by atoms with Crippen molar-refractivity contribution >= 4 is 29.2 Å². The highest BCUT2D eigenvalue weighted by Crippen LogP contribution is 2.29. The lowest BCUT2D eigenvalue weighted by Gasteiger charge is -2.19. The topological polar surface area (TPSA) is 156 Å². The number of amides is 1. The van der Waals surface area contributed by atoms with Crippen molar-refractivity contribution in [2.24, 2.45) is 0 Å². The number of nitrogens with two attached hydrogens (primary N) is 1. The Morgan fingerprint density at radius 3 is 2.33 bits per heavy atom. The third-order valence-electron chi connectivity index (χ3n) is 6.17. The van der Waals surface area contributed by atoms with E-state index in [-0.39, 0.29) is 42.3 Å². The summed E-state index contributed by atoms with van der Waals surface area (Å²) in [4.78, 5) is 26.0. The lowest BCUT2D eigenvalue weighted by Crippen LogP contribution is -2.15. The molecule has 6 N–H and O–H groups in total. The third kappa shape index (κ3) is 7.10. The fraction of sp³-hybridized carbons (Fsp3) is 0.267. The summed E-state index contributed by atoms with van der Waals surface area (Å²) in [5.41, 5.74) is 9.70. The Bertz CT molecular complexity index is 1450. The summed E-state index contributed by atoms with van der Waals surface area (Å²) in [6.45, 7) is 6.48. The first-order valence-corrected chi connectivity index (χ1v) is 12.9. The number of aliphatic hydroxyl groups is 2. The number of nitrogens with zero attached hydrogens (tertiary/aromatic N) is 3. The van der Waals surface area contributed by atoms with E-state index < -0.39 is 0 Å². The summed E-state index contributed by atoms with van der Waals surface area (Å²) in [7, 11) is 0. The minimum absolute atomic E-state index is 0.00581. The van der Waals surface area contributed by atoms with Gasteiger partial charge in [0.15, 0.2) is 5.82 Å². The molecule has 4 rings (SSSR count). The summed E-state index contributed by atoms with van der Waals surface area (Å²) < 4.78 is 5.56. The number of nitrogens with one attached hydrogen (secondary N) is 2. The van der Waals surface area contributed by atoms with Gasteiger partial charge in [-0.1, -0.05) is 45.0 Å². The smallest absolute Gasteiger partial charge is 0.255 e. The van der Waals surface area contributed by atoms with Gasteiger partial charge in [-0.3, -0.25) is 4.79 Å². The minimum atomic E-state index is -0.360. The molecule has 1 aromatic heterocycles. The van der Waals surface area contributed by atoms with E-state index in [1.165, 1.54) is 0 Å². The number of benzene rings is 3. The molecule has 0 unspecified atom stereocenters. The van der Waals surface area contributed by atoms with Crippen LogP contribution in [-0.4, -0.2) is 44.3 Å². The highest BCUT2D eigenvalue weighted by Gasteiger charge is 2.18. The molecule has 208 valence electrons. The number of anilines is 4. The van der Waals surface area contributed by atoms with Gasteiger partial charge in [-0.25, -0.2) is 0 Å². The molecule has 0 aliphatic rings. The Labute approximate surface area is 233 Å². The van der Waals surface area contributed by atoms with Crippen LogP contribution >= 0.6 is 0 Å². The van der Waals surface area contributed by atoms with Crippen LogP contribution in [0, 0.1) is 0 Å². The standard InChI is InChI=1S/C30H34N6O4/c1-30(2,3)20-10-8-19(9-11-20)27(39)33-25-7-4-6-23(24(25)18-38)26-34-28(31)36-29(35-26)32-21-12-14-22(15-13-21)40-17-5-16-37/h4,6-15,37-38H,5,16-18H2,1-3H3,(H,33,39)(H3,31,32,34,35,36). The molecule has 10 heteroatoms. The van der Waals surface area contributed by atoms with E-state index in [9.17, 15) is 9.90 Å². The number of hydrogen-bond donors (Lipinski definition) is 5. The van der Waals surface area contributed by atoms with Crippen LogP contribution in [0.2, 0.25) is 0 Å². The second-order valence-electron chi connectivity index (χ2n) is 10.2. The maximum atomic E-state index is 13.0. The predicted octanol–water partition coefficient (Wildman–Crippen LogP) is 4.67. The first-order valence-electron chi connectivity index (χ1n) is 12.9. The molecule has 0 saturated heterocycles. The number of aliphatic hydroxyl groups excluding tert-OH is 2. The first kappa shape index (κ1) is 28.5. The molecule has 0 bridgehead atoms. The number of rotatable bonds is 10. The van der Waals surface area contributed by atoms with Gasteiger partial charge in [0.25, 0.3) is 5.91 Å². The average molecular weight is 543 g/mol. The van der Waals surface area contributed by atoms with Crippen molar-refractivity contribution in [3.8, 4) is 17.1 Å². The molecule has 1 heterocycles. The molecule has 10 nitrogen and oxygen atoms in total. The zero-order chi connectivity index (χ0) is 28.7. The van der Waals surface area contributed by atoms with E-state index in [1.807, 2.05) is 12.1 Å². The maximum absolute atomic E-state index is 13.0. The van der Waals surface area contributed by atoms with Gasteiger partial charge in [0.1, 0.15) is 5.75 Å². The second-order valence-corrected chi connectivity index (χ2v) is 10.2. The number of carbonyl (C=O) groups is 1. The SMILES string of the molecule is CC(C)(C)c1ccc(C(=O)Nc2cccc(-c3nc(N)nc(Nc4ccc(OCCCO)cc4)n3)c2CO)cc1. The number of nitrogen functional groups attached to an aromatic ring is 1. The summed E-state index contributed by atoms with van der Waals surface area (Å²) in [6, 6.07) is 19.9. The number of hydrogen-bond acceptors (Lipinski definition) is 9. The molecule has 40 heavy (non-hydrogen) atoms. The third-order valence-corrected chi connectivity index (χ3v) is 6.17. The van der Waals surface area contributed by atoms with Gasteiger partial charge in [0, 0.05) is 41.1 Å². The van der Waals surface area contributed by atoms with E-state index in [1.54, 1.807) is 54.6 Å². The average Bonchev–Trinajstić information content (AvgIpc) is 2.93. The quantitative estimate of drug-likeness (QED) is 0.180. The number of carbonyl (C=O) groups excluding carboxylic acids is 1. The van der Waals surface area contributed by atoms with Crippen molar-refractivity contribution < 1.29 is 19.7 Å². The van der Waals surface area contributed by atoms with Crippen molar-refractivity contribution in [3.05, 3.63) is 83.4 Å². The van der Waals surface area contributed by atoms with Crippen molar-refractivity contribution in [1.82, 2.24) is 15.0 Å². The molecule has 0 spiro atoms. The Kier molecular flexibility index (Phi) is 8.93. The van der Waals surface area contributed by atoms with E-state index in [0.717, 1.165) is 5.56 Å². The minimum Gasteiger partial charge on any atom is -0.494 e. The molecule has 0 aliphatic carbocycles. The van der Waals surface area contributed by atoms with Crippen LogP contribution in [0.15, 0.2) is 66.7 Å². The summed E-state index contributed by atoms with van der Waals surface area (Å²) >= 11 is 0. The van der Waals surface area contributed by atoms with E-state index in [4.69, 9.17) is 15.6 Å². The monoisotopic (exact) mass is 542 g/mol. The fourth-order valence-corrected chi connectivity index (χ4v) is 3.99.